The molecule has 0 aliphatic carbocycles. The highest BCUT2D eigenvalue weighted by atomic mass is 32.1. The van der Waals surface area contributed by atoms with Crippen LogP contribution >= 0.6 is 11.3 Å². The van der Waals surface area contributed by atoms with E-state index in [4.69, 9.17) is 4.42 Å². The normalized spacial score (nSPS) is 11.0. The molecular weight excluding hydrogens is 306 g/mol. The molecule has 3 aromatic rings. The molecule has 1 N–H and O–H groups in total. The molecule has 3 rings (SSSR count). The van der Waals surface area contributed by atoms with E-state index in [0.29, 0.717) is 16.0 Å². The Hall–Kier alpha value is -2.61. The summed E-state index contributed by atoms with van der Waals surface area (Å²) in [6, 6.07) is 5.15. The molecule has 0 atom stereocenters. The van der Waals surface area contributed by atoms with Crippen molar-refractivity contribution >= 4 is 27.5 Å². The van der Waals surface area contributed by atoms with Crippen LogP contribution in [0.5, 0.6) is 0 Å². The lowest BCUT2D eigenvalue weighted by molar-refractivity contribution is -0.121. The van der Waals surface area contributed by atoms with E-state index in [1.807, 2.05) is 0 Å². The molecule has 0 aromatic carbocycles. The zero-order valence-corrected chi connectivity index (χ0v) is 12.6. The van der Waals surface area contributed by atoms with Gasteiger partial charge in [0.25, 0.3) is 5.56 Å². The fraction of sp³-hybridized carbons (Fsp3) is 0.214. The quantitative estimate of drug-likeness (QED) is 0.766. The van der Waals surface area contributed by atoms with Crippen LogP contribution in [0.3, 0.4) is 0 Å². The minimum atomic E-state index is -0.510. The molecule has 3 heterocycles. The van der Waals surface area contributed by atoms with Crippen LogP contribution in [0.2, 0.25) is 0 Å². The molecule has 7 nitrogen and oxygen atoms in total. The van der Waals surface area contributed by atoms with Gasteiger partial charge in [-0.2, -0.15) is 0 Å². The number of rotatable bonds is 4. The van der Waals surface area contributed by atoms with Gasteiger partial charge in [-0.3, -0.25) is 18.7 Å². The maximum absolute atomic E-state index is 12.2. The molecule has 0 aliphatic heterocycles. The van der Waals surface area contributed by atoms with Gasteiger partial charge in [0.1, 0.15) is 17.0 Å². The number of hydrogen-bond acceptors (Lipinski definition) is 5. The molecule has 0 radical (unpaired) electrons. The number of carbonyl (C=O) groups excluding carboxylic acids is 1. The van der Waals surface area contributed by atoms with Crippen molar-refractivity contribution in [1.29, 1.82) is 0 Å². The van der Waals surface area contributed by atoms with E-state index in [9.17, 15) is 14.4 Å². The number of aromatic nitrogens is 2. The molecule has 3 aromatic heterocycles. The van der Waals surface area contributed by atoms with Gasteiger partial charge in [0, 0.05) is 7.05 Å². The summed E-state index contributed by atoms with van der Waals surface area (Å²) in [6.07, 6.45) is 1.52. The van der Waals surface area contributed by atoms with Crippen molar-refractivity contribution in [1.82, 2.24) is 14.5 Å². The number of carbonyl (C=O) groups is 1. The van der Waals surface area contributed by atoms with E-state index in [1.54, 1.807) is 23.6 Å². The summed E-state index contributed by atoms with van der Waals surface area (Å²) in [6.45, 7) is 0.0972. The van der Waals surface area contributed by atoms with Gasteiger partial charge in [0.05, 0.1) is 18.3 Å². The molecule has 8 heteroatoms. The van der Waals surface area contributed by atoms with Crippen molar-refractivity contribution in [2.75, 3.05) is 0 Å². The Morgan fingerprint density at radius 1 is 1.36 bits per heavy atom. The second kappa shape index (κ2) is 5.64. The van der Waals surface area contributed by atoms with E-state index >= 15 is 0 Å². The number of amides is 1. The lowest BCUT2D eigenvalue weighted by atomic mass is 10.4. The molecule has 0 unspecified atom stereocenters. The number of furan rings is 1. The highest BCUT2D eigenvalue weighted by Gasteiger charge is 2.14. The number of nitrogens with zero attached hydrogens (tertiary/aromatic N) is 2. The first kappa shape index (κ1) is 14.3. The third-order valence-corrected chi connectivity index (χ3v) is 4.19. The number of nitrogens with one attached hydrogen (secondary N) is 1. The fourth-order valence-electron chi connectivity index (χ4n) is 2.15. The Labute approximate surface area is 128 Å². The van der Waals surface area contributed by atoms with Crippen LogP contribution in [0.15, 0.2) is 43.8 Å². The Morgan fingerprint density at radius 2 is 2.18 bits per heavy atom. The molecule has 0 saturated carbocycles. The molecular formula is C14H13N3O4S. The first-order valence-corrected chi connectivity index (χ1v) is 7.42. The summed E-state index contributed by atoms with van der Waals surface area (Å²) < 4.78 is 7.89. The molecule has 0 fully saturated rings. The summed E-state index contributed by atoms with van der Waals surface area (Å²) in [4.78, 5) is 36.2. The minimum absolute atomic E-state index is 0.152. The smallest absolute Gasteiger partial charge is 0.331 e. The highest BCUT2D eigenvalue weighted by Crippen LogP contribution is 2.14. The molecule has 1 amide bonds. The van der Waals surface area contributed by atoms with Crippen molar-refractivity contribution in [2.45, 2.75) is 13.1 Å². The summed E-state index contributed by atoms with van der Waals surface area (Å²) in [5.74, 6) is 0.298. The highest BCUT2D eigenvalue weighted by molar-refractivity contribution is 7.17. The summed E-state index contributed by atoms with van der Waals surface area (Å²) in [5, 5.41) is 4.40. The van der Waals surface area contributed by atoms with Gasteiger partial charge in [-0.05, 0) is 23.6 Å². The van der Waals surface area contributed by atoms with E-state index in [-0.39, 0.29) is 24.6 Å². The van der Waals surface area contributed by atoms with Crippen LogP contribution in [0, 0.1) is 0 Å². The molecule has 0 bridgehead atoms. The van der Waals surface area contributed by atoms with Crippen molar-refractivity contribution in [2.24, 2.45) is 7.05 Å². The Bertz CT molecular complexity index is 933. The van der Waals surface area contributed by atoms with Crippen LogP contribution < -0.4 is 16.6 Å². The van der Waals surface area contributed by atoms with Crippen LogP contribution in [0.25, 0.3) is 10.2 Å². The predicted molar refractivity (Wildman–Crippen MR) is 81.9 cm³/mol. The fourth-order valence-corrected chi connectivity index (χ4v) is 3.02. The zero-order valence-electron chi connectivity index (χ0n) is 11.7. The van der Waals surface area contributed by atoms with Gasteiger partial charge >= 0.3 is 5.69 Å². The minimum Gasteiger partial charge on any atom is -0.467 e. The zero-order chi connectivity index (χ0) is 15.7. The van der Waals surface area contributed by atoms with E-state index < -0.39 is 5.69 Å². The lowest BCUT2D eigenvalue weighted by Gasteiger charge is -2.09. The second-order valence-electron chi connectivity index (χ2n) is 4.72. The standard InChI is InChI=1S/C14H13N3O4S/c1-16-13(19)12-10(4-6-22-12)17(14(16)20)8-11(18)15-7-9-3-2-5-21-9/h2-6H,7-8H2,1H3,(H,15,18). The largest absolute Gasteiger partial charge is 0.467 e. The van der Waals surface area contributed by atoms with Gasteiger partial charge in [-0.15, -0.1) is 11.3 Å². The van der Waals surface area contributed by atoms with Crippen LogP contribution in [0.1, 0.15) is 5.76 Å². The average Bonchev–Trinajstić information content (AvgIpc) is 3.18. The van der Waals surface area contributed by atoms with Gasteiger partial charge in [-0.1, -0.05) is 0 Å². The lowest BCUT2D eigenvalue weighted by Crippen LogP contribution is -2.40. The maximum Gasteiger partial charge on any atom is 0.331 e. The average molecular weight is 319 g/mol. The molecule has 0 aliphatic rings. The topological polar surface area (TPSA) is 86.2 Å². The van der Waals surface area contributed by atoms with E-state index in [1.165, 1.54) is 29.2 Å². The summed E-state index contributed by atoms with van der Waals surface area (Å²) in [5.41, 5.74) is -0.377. The van der Waals surface area contributed by atoms with Crippen LogP contribution in [-0.2, 0) is 24.9 Å². The Kier molecular flexibility index (Phi) is 3.68. The first-order valence-electron chi connectivity index (χ1n) is 6.54. The SMILES string of the molecule is Cn1c(=O)c2sccc2n(CC(=O)NCc2ccco2)c1=O. The van der Waals surface area contributed by atoms with Gasteiger partial charge in [-0.25, -0.2) is 4.79 Å². The van der Waals surface area contributed by atoms with Crippen molar-refractivity contribution in [3.05, 3.63) is 56.4 Å². The van der Waals surface area contributed by atoms with Gasteiger partial charge in [0.15, 0.2) is 0 Å². The summed E-state index contributed by atoms with van der Waals surface area (Å²) in [7, 11) is 1.40. The van der Waals surface area contributed by atoms with Crippen molar-refractivity contribution in [3.8, 4) is 0 Å². The summed E-state index contributed by atoms with van der Waals surface area (Å²) >= 11 is 1.25. The first-order chi connectivity index (χ1) is 10.6. The van der Waals surface area contributed by atoms with Gasteiger partial charge in [0.2, 0.25) is 5.91 Å². The van der Waals surface area contributed by atoms with E-state index in [0.717, 1.165) is 4.57 Å². The third kappa shape index (κ3) is 2.48. The molecule has 0 saturated heterocycles. The monoisotopic (exact) mass is 319 g/mol. The number of thiophene rings is 1. The number of fused-ring (bicyclic) bond motifs is 1. The van der Waals surface area contributed by atoms with Crippen LogP contribution in [-0.4, -0.2) is 15.0 Å². The predicted octanol–water partition coefficient (Wildman–Crippen LogP) is 0.671. The number of hydrogen-bond donors (Lipinski definition) is 1. The second-order valence-corrected chi connectivity index (χ2v) is 5.64. The molecule has 114 valence electrons. The van der Waals surface area contributed by atoms with E-state index in [2.05, 4.69) is 5.32 Å². The molecule has 0 spiro atoms. The maximum atomic E-state index is 12.2. The third-order valence-electron chi connectivity index (χ3n) is 3.29. The van der Waals surface area contributed by atoms with Crippen molar-refractivity contribution in [3.63, 3.8) is 0 Å². The van der Waals surface area contributed by atoms with Gasteiger partial charge < -0.3 is 9.73 Å². The Morgan fingerprint density at radius 3 is 2.91 bits per heavy atom. The van der Waals surface area contributed by atoms with Crippen molar-refractivity contribution < 1.29 is 9.21 Å². The van der Waals surface area contributed by atoms with Crippen LogP contribution in [0.4, 0.5) is 0 Å². The Balaban J connectivity index is 1.87. The molecule has 22 heavy (non-hydrogen) atoms.